The van der Waals surface area contributed by atoms with Crippen molar-refractivity contribution >= 4 is 23.5 Å². The third-order valence-corrected chi connectivity index (χ3v) is 10.9. The van der Waals surface area contributed by atoms with Gasteiger partial charge in [0.1, 0.15) is 11.8 Å². The minimum Gasteiger partial charge on any atom is -0.390 e. The lowest BCUT2D eigenvalue weighted by molar-refractivity contribution is -0.133. The minimum absolute atomic E-state index is 0.0320. The fourth-order valence-electron chi connectivity index (χ4n) is 8.36. The molecule has 52 heavy (non-hydrogen) atoms. The third-order valence-electron chi connectivity index (χ3n) is 10.9. The average molecular weight is 716 g/mol. The van der Waals surface area contributed by atoms with E-state index in [4.69, 9.17) is 0 Å². The fraction of sp³-hybridized carbons (Fsp3) is 0.643. The van der Waals surface area contributed by atoms with Crippen molar-refractivity contribution in [3.05, 3.63) is 59.2 Å². The van der Waals surface area contributed by atoms with Gasteiger partial charge in [0.25, 0.3) is 5.91 Å². The van der Waals surface area contributed by atoms with E-state index in [1.807, 2.05) is 45.9 Å². The van der Waals surface area contributed by atoms with Crippen LogP contribution in [0, 0.1) is 35.0 Å². The summed E-state index contributed by atoms with van der Waals surface area (Å²) in [6.07, 6.45) is 13.0. The number of carbonyl (C=O) groups is 4. The molecule has 1 saturated carbocycles. The molecule has 10 heteroatoms. The second kappa shape index (κ2) is 18.8. The number of piperidine rings is 1. The summed E-state index contributed by atoms with van der Waals surface area (Å²) in [6, 6.07) is 6.10. The standard InChI is InChI=1S/C42H61N5O5/c1-7-11-33(21-28(3)48)38(45-39(50)31-18-16-29(24-43)17-19-31)41(52)44-35(22-30-13-10-12-27(2)20-30)37(49)26-47-25-34-15-9-8-14-32(34)23-36(47)40(51)46-42(4,5)6/h10,12-13,16-19,27,32-38,49H,7-9,11,14-15,20-23,25-26H2,1-6H3,(H,44,52)(H,45,50)(H,46,51)/t27?,32-,33?,34?,35?,36-,37+,38?/m0/s1. The summed E-state index contributed by atoms with van der Waals surface area (Å²) in [4.78, 5) is 56.3. The Kier molecular flexibility index (Phi) is 14.8. The molecule has 1 aromatic rings. The van der Waals surface area contributed by atoms with Crippen molar-refractivity contribution < 1.29 is 24.3 Å². The number of β-amino-alcohol motifs (C(OH)–C–C–N with tert-alkyl or cyclic N) is 1. The van der Waals surface area contributed by atoms with Gasteiger partial charge in [0.15, 0.2) is 0 Å². The molecular weight excluding hydrogens is 654 g/mol. The molecule has 8 atom stereocenters. The number of hydrogen-bond donors (Lipinski definition) is 4. The molecule has 10 nitrogen and oxygen atoms in total. The highest BCUT2D eigenvalue weighted by Gasteiger charge is 2.42. The molecule has 0 spiro atoms. The number of amides is 3. The number of ketones is 1. The number of Topliss-reactive ketones (excluding diaryl/α,β-unsaturated/α-hetero) is 1. The Bertz CT molecular complexity index is 1510. The van der Waals surface area contributed by atoms with Crippen LogP contribution in [-0.4, -0.2) is 76.4 Å². The highest BCUT2D eigenvalue weighted by Crippen LogP contribution is 2.39. The van der Waals surface area contributed by atoms with Crippen molar-refractivity contribution in [1.29, 1.82) is 5.26 Å². The van der Waals surface area contributed by atoms with Gasteiger partial charge in [-0.05, 0) is 108 Å². The van der Waals surface area contributed by atoms with Crippen molar-refractivity contribution in [2.24, 2.45) is 23.7 Å². The van der Waals surface area contributed by atoms with E-state index < -0.39 is 41.5 Å². The molecule has 3 amide bonds. The predicted octanol–water partition coefficient (Wildman–Crippen LogP) is 5.61. The maximum atomic E-state index is 14.4. The Balaban J connectivity index is 1.63. The molecule has 2 fully saturated rings. The SMILES string of the molecule is CCCC(CC(C)=O)C(NC(=O)c1ccc(C#N)cc1)C(=O)NC(CC1=CC=CC(C)C1)[C@H](O)CN1CC2CCCC[C@H]2C[C@H]1C(=O)NC(C)(C)C. The lowest BCUT2D eigenvalue weighted by atomic mass is 9.72. The van der Waals surface area contributed by atoms with Crippen molar-refractivity contribution in [3.8, 4) is 6.07 Å². The number of aliphatic hydroxyl groups excluding tert-OH is 1. The molecule has 1 aliphatic heterocycles. The summed E-state index contributed by atoms with van der Waals surface area (Å²) in [7, 11) is 0. The highest BCUT2D eigenvalue weighted by molar-refractivity contribution is 5.98. The zero-order chi connectivity index (χ0) is 38.0. The van der Waals surface area contributed by atoms with Gasteiger partial charge in [-0.3, -0.25) is 19.3 Å². The number of nitrogens with zero attached hydrogens (tertiary/aromatic N) is 2. The van der Waals surface area contributed by atoms with Gasteiger partial charge in [0.05, 0.1) is 29.8 Å². The van der Waals surface area contributed by atoms with E-state index in [1.165, 1.54) is 19.8 Å². The maximum Gasteiger partial charge on any atom is 0.251 e. The Hall–Kier alpha value is -3.81. The molecule has 284 valence electrons. The first-order valence-electron chi connectivity index (χ1n) is 19.4. The quantitative estimate of drug-likeness (QED) is 0.184. The largest absolute Gasteiger partial charge is 0.390 e. The zero-order valence-electron chi connectivity index (χ0n) is 32.1. The number of nitrogens with one attached hydrogen (secondary N) is 3. The highest BCUT2D eigenvalue weighted by atomic mass is 16.3. The molecule has 1 heterocycles. The van der Waals surface area contributed by atoms with Gasteiger partial charge in [0, 0.05) is 30.6 Å². The van der Waals surface area contributed by atoms with Crippen molar-refractivity contribution in [1.82, 2.24) is 20.9 Å². The van der Waals surface area contributed by atoms with Crippen molar-refractivity contribution in [2.75, 3.05) is 13.1 Å². The van der Waals surface area contributed by atoms with Crippen LogP contribution >= 0.6 is 0 Å². The van der Waals surface area contributed by atoms with E-state index in [-0.39, 0.29) is 30.7 Å². The number of carbonyl (C=O) groups excluding carboxylic acids is 4. The van der Waals surface area contributed by atoms with Crippen LogP contribution in [0.15, 0.2) is 48.1 Å². The topological polar surface area (TPSA) is 152 Å². The van der Waals surface area contributed by atoms with Crippen molar-refractivity contribution in [3.63, 3.8) is 0 Å². The molecule has 3 aliphatic rings. The molecular formula is C42H61N5O5. The Morgan fingerprint density at radius 3 is 2.37 bits per heavy atom. The number of aliphatic hydroxyl groups is 1. The second-order valence-electron chi connectivity index (χ2n) is 16.6. The third kappa shape index (κ3) is 11.9. The lowest BCUT2D eigenvalue weighted by Gasteiger charge is -2.47. The summed E-state index contributed by atoms with van der Waals surface area (Å²) in [5, 5.41) is 30.6. The number of hydrogen-bond acceptors (Lipinski definition) is 7. The van der Waals surface area contributed by atoms with E-state index in [9.17, 15) is 29.5 Å². The van der Waals surface area contributed by atoms with Crippen LogP contribution in [0.25, 0.3) is 0 Å². The van der Waals surface area contributed by atoms with Gasteiger partial charge >= 0.3 is 0 Å². The van der Waals surface area contributed by atoms with Crippen LogP contribution in [0.3, 0.4) is 0 Å². The van der Waals surface area contributed by atoms with Crippen LogP contribution in [-0.2, 0) is 14.4 Å². The minimum atomic E-state index is -1.04. The van der Waals surface area contributed by atoms with Crippen LogP contribution in [0.1, 0.15) is 122 Å². The smallest absolute Gasteiger partial charge is 0.251 e. The lowest BCUT2D eigenvalue weighted by Crippen LogP contribution is -2.61. The number of allylic oxidation sites excluding steroid dienone is 3. The van der Waals surface area contributed by atoms with E-state index in [0.29, 0.717) is 54.7 Å². The second-order valence-corrected chi connectivity index (χ2v) is 16.6. The number of likely N-dealkylation sites (tertiary alicyclic amines) is 1. The van der Waals surface area contributed by atoms with E-state index in [2.05, 4.69) is 33.9 Å². The average Bonchev–Trinajstić information content (AvgIpc) is 3.08. The van der Waals surface area contributed by atoms with Crippen LogP contribution in [0.5, 0.6) is 0 Å². The Labute approximate surface area is 310 Å². The van der Waals surface area contributed by atoms with E-state index >= 15 is 0 Å². The summed E-state index contributed by atoms with van der Waals surface area (Å²) in [6.45, 7) is 12.4. The molecule has 1 aromatic carbocycles. The molecule has 5 unspecified atom stereocenters. The maximum absolute atomic E-state index is 14.4. The summed E-state index contributed by atoms with van der Waals surface area (Å²) >= 11 is 0. The van der Waals surface area contributed by atoms with Crippen LogP contribution in [0.4, 0.5) is 0 Å². The van der Waals surface area contributed by atoms with Gasteiger partial charge in [-0.25, -0.2) is 0 Å². The van der Waals surface area contributed by atoms with Crippen LogP contribution < -0.4 is 16.0 Å². The molecule has 0 radical (unpaired) electrons. The first-order valence-corrected chi connectivity index (χ1v) is 19.4. The molecule has 4 N–H and O–H groups in total. The normalized spacial score (nSPS) is 24.2. The summed E-state index contributed by atoms with van der Waals surface area (Å²) in [5.74, 6) is -0.269. The zero-order valence-corrected chi connectivity index (χ0v) is 32.1. The Morgan fingerprint density at radius 1 is 1.06 bits per heavy atom. The van der Waals surface area contributed by atoms with Crippen LogP contribution in [0.2, 0.25) is 0 Å². The van der Waals surface area contributed by atoms with Gasteiger partial charge in [-0.1, -0.05) is 63.3 Å². The molecule has 4 rings (SSSR count). The van der Waals surface area contributed by atoms with E-state index in [0.717, 1.165) is 31.3 Å². The Morgan fingerprint density at radius 2 is 1.75 bits per heavy atom. The summed E-state index contributed by atoms with van der Waals surface area (Å²) in [5.41, 5.74) is 1.41. The molecule has 2 aliphatic carbocycles. The van der Waals surface area contributed by atoms with Gasteiger partial charge in [-0.15, -0.1) is 0 Å². The van der Waals surface area contributed by atoms with E-state index in [1.54, 1.807) is 24.3 Å². The number of nitriles is 1. The molecule has 1 saturated heterocycles. The molecule has 0 bridgehead atoms. The predicted molar refractivity (Wildman–Crippen MR) is 203 cm³/mol. The first-order chi connectivity index (χ1) is 24.7. The number of benzene rings is 1. The fourth-order valence-corrected chi connectivity index (χ4v) is 8.36. The van der Waals surface area contributed by atoms with Crippen molar-refractivity contribution in [2.45, 2.75) is 136 Å². The van der Waals surface area contributed by atoms with Gasteiger partial charge < -0.3 is 25.9 Å². The summed E-state index contributed by atoms with van der Waals surface area (Å²) < 4.78 is 0. The molecule has 0 aromatic heterocycles. The van der Waals surface area contributed by atoms with Gasteiger partial charge in [0.2, 0.25) is 11.8 Å². The first kappa shape index (κ1) is 41.0. The monoisotopic (exact) mass is 715 g/mol. The van der Waals surface area contributed by atoms with Gasteiger partial charge in [-0.2, -0.15) is 5.26 Å². The number of rotatable bonds is 15. The number of fused-ring (bicyclic) bond motifs is 1.